The van der Waals surface area contributed by atoms with Crippen LogP contribution in [0.15, 0.2) is 12.5 Å². The summed E-state index contributed by atoms with van der Waals surface area (Å²) >= 11 is 0. The quantitative estimate of drug-likeness (QED) is 0.196. The summed E-state index contributed by atoms with van der Waals surface area (Å²) in [7, 11) is 0. The van der Waals surface area contributed by atoms with Crippen LogP contribution in [-0.4, -0.2) is 74.6 Å². The average molecular weight is 426 g/mol. The fourth-order valence-electron chi connectivity index (χ4n) is 2.57. The number of hydrogen-bond donors (Lipinski definition) is 7. The second-order valence-corrected chi connectivity index (χ2v) is 7.39. The number of aliphatic hydroxyl groups is 1. The number of carbonyl (C=O) groups excluding carboxylic acids is 3. The van der Waals surface area contributed by atoms with Crippen molar-refractivity contribution in [2.24, 2.45) is 11.7 Å². The van der Waals surface area contributed by atoms with Gasteiger partial charge in [0, 0.05) is 18.3 Å². The van der Waals surface area contributed by atoms with Crippen molar-refractivity contribution in [1.29, 1.82) is 0 Å². The third-order valence-corrected chi connectivity index (χ3v) is 4.22. The molecule has 1 aromatic rings. The maximum atomic E-state index is 12.5. The first-order valence-electron chi connectivity index (χ1n) is 9.52. The van der Waals surface area contributed by atoms with E-state index in [1.54, 1.807) is 0 Å². The Balaban J connectivity index is 2.69. The van der Waals surface area contributed by atoms with E-state index in [4.69, 9.17) is 15.9 Å². The molecule has 0 aromatic carbocycles. The number of nitrogens with one attached hydrogen (secondary N) is 4. The van der Waals surface area contributed by atoms with E-state index in [0.29, 0.717) is 5.69 Å². The number of rotatable bonds is 12. The summed E-state index contributed by atoms with van der Waals surface area (Å²) in [5.74, 6) is -3.32. The van der Waals surface area contributed by atoms with Gasteiger partial charge >= 0.3 is 5.97 Å². The maximum Gasteiger partial charge on any atom is 0.328 e. The van der Waals surface area contributed by atoms with Crippen LogP contribution in [0, 0.1) is 5.92 Å². The van der Waals surface area contributed by atoms with Crippen LogP contribution in [0.1, 0.15) is 32.9 Å². The third-order valence-electron chi connectivity index (χ3n) is 4.22. The number of aliphatic hydroxyl groups excluding tert-OH is 1. The zero-order chi connectivity index (χ0) is 22.8. The Labute approximate surface area is 174 Å². The first-order valence-corrected chi connectivity index (χ1v) is 9.52. The number of H-pyrrole nitrogens is 1. The second kappa shape index (κ2) is 11.9. The number of nitrogens with two attached hydrogens (primary N) is 1. The van der Waals surface area contributed by atoms with E-state index < -0.39 is 54.5 Å². The Kier molecular flexibility index (Phi) is 9.92. The van der Waals surface area contributed by atoms with Gasteiger partial charge in [0.25, 0.3) is 0 Å². The van der Waals surface area contributed by atoms with Crippen LogP contribution >= 0.6 is 0 Å². The van der Waals surface area contributed by atoms with Gasteiger partial charge < -0.3 is 36.9 Å². The summed E-state index contributed by atoms with van der Waals surface area (Å²) in [6.45, 7) is 4.30. The highest BCUT2D eigenvalue weighted by Crippen LogP contribution is 2.06. The number of imidazole rings is 1. The molecule has 0 saturated heterocycles. The summed E-state index contributed by atoms with van der Waals surface area (Å²) < 4.78 is 0. The van der Waals surface area contributed by atoms with E-state index in [2.05, 4.69) is 25.9 Å². The van der Waals surface area contributed by atoms with Crippen LogP contribution in [-0.2, 0) is 25.6 Å². The van der Waals surface area contributed by atoms with Crippen molar-refractivity contribution in [3.8, 4) is 0 Å². The van der Waals surface area contributed by atoms with Crippen LogP contribution in [0.25, 0.3) is 0 Å². The van der Waals surface area contributed by atoms with E-state index in [1.165, 1.54) is 19.4 Å². The zero-order valence-electron chi connectivity index (χ0n) is 17.2. The lowest BCUT2D eigenvalue weighted by atomic mass is 10.0. The predicted molar refractivity (Wildman–Crippen MR) is 106 cm³/mol. The molecule has 1 aromatic heterocycles. The summed E-state index contributed by atoms with van der Waals surface area (Å²) in [4.78, 5) is 54.8. The van der Waals surface area contributed by atoms with Gasteiger partial charge in [-0.05, 0) is 19.3 Å². The molecule has 0 saturated carbocycles. The van der Waals surface area contributed by atoms with Gasteiger partial charge in [-0.25, -0.2) is 9.78 Å². The molecule has 0 fully saturated rings. The van der Waals surface area contributed by atoms with E-state index in [0.717, 1.165) is 0 Å². The van der Waals surface area contributed by atoms with Crippen LogP contribution in [0.4, 0.5) is 0 Å². The van der Waals surface area contributed by atoms with Crippen LogP contribution < -0.4 is 21.7 Å². The van der Waals surface area contributed by atoms with Gasteiger partial charge in [-0.3, -0.25) is 14.4 Å². The minimum absolute atomic E-state index is 0.00572. The van der Waals surface area contributed by atoms with Gasteiger partial charge in [0.2, 0.25) is 17.7 Å². The smallest absolute Gasteiger partial charge is 0.328 e. The number of carbonyl (C=O) groups is 4. The standard InChI is InChI=1S/C18H30N6O6/c1-9(2)4-13(17(28)24-14(7-25)18(29)30)23-15(26)10(3)22-16(27)12(19)5-11-6-20-8-21-11/h6,8-10,12-14,25H,4-5,7,19H2,1-3H3,(H,20,21)(H,22,27)(H,23,26)(H,24,28)(H,29,30). The van der Waals surface area contributed by atoms with Gasteiger partial charge in [0.05, 0.1) is 19.0 Å². The van der Waals surface area contributed by atoms with Crippen molar-refractivity contribution in [3.63, 3.8) is 0 Å². The lowest BCUT2D eigenvalue weighted by molar-refractivity contribution is -0.143. The SMILES string of the molecule is CC(C)CC(NC(=O)C(C)NC(=O)C(N)Cc1cnc[nH]1)C(=O)NC(CO)C(=O)O. The maximum absolute atomic E-state index is 12.5. The molecule has 0 spiro atoms. The Bertz CT molecular complexity index is 723. The van der Waals surface area contributed by atoms with Crippen LogP contribution in [0.2, 0.25) is 0 Å². The highest BCUT2D eigenvalue weighted by Gasteiger charge is 2.29. The Morgan fingerprint density at radius 1 is 1.07 bits per heavy atom. The zero-order valence-corrected chi connectivity index (χ0v) is 17.2. The fourth-order valence-corrected chi connectivity index (χ4v) is 2.57. The van der Waals surface area contributed by atoms with Crippen LogP contribution in [0.5, 0.6) is 0 Å². The summed E-state index contributed by atoms with van der Waals surface area (Å²) in [5, 5.41) is 25.2. The van der Waals surface area contributed by atoms with Crippen molar-refractivity contribution in [2.45, 2.75) is 57.8 Å². The molecular formula is C18H30N6O6. The topological polar surface area (TPSA) is 200 Å². The Morgan fingerprint density at radius 3 is 2.20 bits per heavy atom. The van der Waals surface area contributed by atoms with E-state index in [9.17, 15) is 19.2 Å². The number of aromatic nitrogens is 2. The predicted octanol–water partition coefficient (Wildman–Crippen LogP) is -2.12. The monoisotopic (exact) mass is 426 g/mol. The Morgan fingerprint density at radius 2 is 1.70 bits per heavy atom. The normalized spacial score (nSPS) is 15.0. The van der Waals surface area contributed by atoms with Crippen LogP contribution in [0.3, 0.4) is 0 Å². The first kappa shape index (κ1) is 25.0. The molecule has 0 aliphatic carbocycles. The highest BCUT2D eigenvalue weighted by atomic mass is 16.4. The van der Waals surface area contributed by atoms with E-state index in [-0.39, 0.29) is 18.8 Å². The van der Waals surface area contributed by atoms with Crippen molar-refractivity contribution >= 4 is 23.7 Å². The Hall–Kier alpha value is -2.99. The summed E-state index contributed by atoms with van der Waals surface area (Å²) in [5.41, 5.74) is 6.50. The number of amides is 3. The van der Waals surface area contributed by atoms with Gasteiger partial charge in [-0.15, -0.1) is 0 Å². The largest absolute Gasteiger partial charge is 0.480 e. The molecule has 12 heteroatoms. The minimum atomic E-state index is -1.48. The van der Waals surface area contributed by atoms with Gasteiger partial charge in [0.1, 0.15) is 18.1 Å². The number of aliphatic carboxylic acids is 1. The van der Waals surface area contributed by atoms with Gasteiger partial charge in [0.15, 0.2) is 0 Å². The van der Waals surface area contributed by atoms with Crippen molar-refractivity contribution < 1.29 is 29.4 Å². The number of aromatic amines is 1. The molecule has 1 rings (SSSR count). The number of carboxylic acid groups (broad SMARTS) is 1. The highest BCUT2D eigenvalue weighted by molar-refractivity contribution is 5.93. The summed E-state index contributed by atoms with van der Waals surface area (Å²) in [6, 6.07) is -4.41. The summed E-state index contributed by atoms with van der Waals surface area (Å²) in [6.07, 6.45) is 3.43. The molecule has 0 radical (unpaired) electrons. The molecule has 1 heterocycles. The fraction of sp³-hybridized carbons (Fsp3) is 0.611. The molecular weight excluding hydrogens is 396 g/mol. The van der Waals surface area contributed by atoms with Crippen molar-refractivity contribution in [2.75, 3.05) is 6.61 Å². The lowest BCUT2D eigenvalue weighted by Gasteiger charge is -2.24. The minimum Gasteiger partial charge on any atom is -0.480 e. The lowest BCUT2D eigenvalue weighted by Crippen LogP contribution is -2.57. The molecule has 168 valence electrons. The molecule has 0 aliphatic heterocycles. The van der Waals surface area contributed by atoms with Crippen molar-refractivity contribution in [1.82, 2.24) is 25.9 Å². The van der Waals surface area contributed by atoms with Crippen molar-refractivity contribution in [3.05, 3.63) is 18.2 Å². The first-order chi connectivity index (χ1) is 14.0. The third kappa shape index (κ3) is 8.17. The number of nitrogens with zero attached hydrogens (tertiary/aromatic N) is 1. The van der Waals surface area contributed by atoms with Gasteiger partial charge in [-0.2, -0.15) is 0 Å². The number of hydrogen-bond acceptors (Lipinski definition) is 7. The molecule has 3 amide bonds. The molecule has 0 aliphatic rings. The molecule has 0 bridgehead atoms. The second-order valence-electron chi connectivity index (χ2n) is 7.39. The molecule has 8 N–H and O–H groups in total. The molecule has 12 nitrogen and oxygen atoms in total. The van der Waals surface area contributed by atoms with E-state index >= 15 is 0 Å². The van der Waals surface area contributed by atoms with Gasteiger partial charge in [-0.1, -0.05) is 13.8 Å². The number of carboxylic acids is 1. The average Bonchev–Trinajstić information content (AvgIpc) is 3.17. The molecule has 30 heavy (non-hydrogen) atoms. The van der Waals surface area contributed by atoms with E-state index in [1.807, 2.05) is 13.8 Å². The molecule has 4 unspecified atom stereocenters. The molecule has 4 atom stereocenters.